The Morgan fingerprint density at radius 3 is 2.12 bits per heavy atom. The number of sulfone groups is 1. The van der Waals surface area contributed by atoms with Crippen LogP contribution < -0.4 is 5.32 Å². The standard InChI is InChI=1S/C23H16F2N2O3S2/c1-32(29,30)19-5-3-2-4-18(19)21-20(14-6-8-15(24)9-7-14)27-23(31-21)22(28)26-17-12-10-16(25)11-13-17/h2-13H,1H3,(H,26,28). The van der Waals surface area contributed by atoms with Gasteiger partial charge >= 0.3 is 0 Å². The summed E-state index contributed by atoms with van der Waals surface area (Å²) >= 11 is 1.02. The summed E-state index contributed by atoms with van der Waals surface area (Å²) in [5.74, 6) is -1.40. The Labute approximate surface area is 187 Å². The van der Waals surface area contributed by atoms with E-state index in [1.54, 1.807) is 18.2 Å². The number of nitrogens with zero attached hydrogens (tertiary/aromatic N) is 1. The summed E-state index contributed by atoms with van der Waals surface area (Å²) in [6.07, 6.45) is 1.10. The lowest BCUT2D eigenvalue weighted by Crippen LogP contribution is -2.11. The van der Waals surface area contributed by atoms with Crippen LogP contribution in [0.1, 0.15) is 9.80 Å². The van der Waals surface area contributed by atoms with Gasteiger partial charge in [0.25, 0.3) is 5.91 Å². The zero-order valence-corrected chi connectivity index (χ0v) is 18.3. The maximum atomic E-state index is 13.5. The van der Waals surface area contributed by atoms with Crippen molar-refractivity contribution in [2.24, 2.45) is 0 Å². The van der Waals surface area contributed by atoms with Gasteiger partial charge in [0.1, 0.15) is 11.6 Å². The minimum Gasteiger partial charge on any atom is -0.320 e. The minimum atomic E-state index is -3.57. The maximum absolute atomic E-state index is 13.5. The van der Waals surface area contributed by atoms with Gasteiger partial charge in [0, 0.05) is 23.1 Å². The summed E-state index contributed by atoms with van der Waals surface area (Å²) in [4.78, 5) is 17.8. The highest BCUT2D eigenvalue weighted by Gasteiger charge is 2.23. The van der Waals surface area contributed by atoms with Crippen molar-refractivity contribution in [3.05, 3.63) is 89.4 Å². The summed E-state index contributed by atoms with van der Waals surface area (Å²) in [5, 5.41) is 2.72. The van der Waals surface area contributed by atoms with Crippen LogP contribution in [0.4, 0.5) is 14.5 Å². The first-order valence-corrected chi connectivity index (χ1v) is 12.1. The van der Waals surface area contributed by atoms with Gasteiger partial charge in [-0.3, -0.25) is 4.79 Å². The van der Waals surface area contributed by atoms with E-state index in [0.717, 1.165) is 17.6 Å². The molecule has 0 aliphatic heterocycles. The van der Waals surface area contributed by atoms with E-state index in [2.05, 4.69) is 10.3 Å². The molecule has 5 nitrogen and oxygen atoms in total. The van der Waals surface area contributed by atoms with Crippen molar-refractivity contribution in [2.75, 3.05) is 11.6 Å². The van der Waals surface area contributed by atoms with Crippen LogP contribution in [0.15, 0.2) is 77.7 Å². The fourth-order valence-electron chi connectivity index (χ4n) is 3.10. The molecule has 0 spiro atoms. The molecular formula is C23H16F2N2O3S2. The molecule has 1 amide bonds. The number of carbonyl (C=O) groups excluding carboxylic acids is 1. The van der Waals surface area contributed by atoms with Crippen LogP contribution in [0.25, 0.3) is 21.7 Å². The molecule has 0 aliphatic carbocycles. The zero-order chi connectivity index (χ0) is 22.9. The van der Waals surface area contributed by atoms with Gasteiger partial charge in [0.2, 0.25) is 0 Å². The monoisotopic (exact) mass is 470 g/mol. The molecule has 0 aliphatic rings. The van der Waals surface area contributed by atoms with E-state index in [4.69, 9.17) is 0 Å². The lowest BCUT2D eigenvalue weighted by Gasteiger charge is -2.08. The third-order valence-electron chi connectivity index (χ3n) is 4.57. The Balaban J connectivity index is 1.84. The predicted octanol–water partition coefficient (Wildman–Crippen LogP) is 5.41. The molecule has 0 fully saturated rings. The second kappa shape index (κ2) is 8.60. The number of halogens is 2. The molecule has 0 atom stereocenters. The molecule has 0 radical (unpaired) electrons. The Hall–Kier alpha value is -3.43. The highest BCUT2D eigenvalue weighted by molar-refractivity contribution is 7.90. The van der Waals surface area contributed by atoms with Gasteiger partial charge in [-0.25, -0.2) is 22.2 Å². The first-order chi connectivity index (χ1) is 15.2. The van der Waals surface area contributed by atoms with Crippen LogP contribution in [0.5, 0.6) is 0 Å². The van der Waals surface area contributed by atoms with Crippen LogP contribution in [0.2, 0.25) is 0 Å². The molecule has 4 aromatic rings. The van der Waals surface area contributed by atoms with Gasteiger partial charge in [-0.1, -0.05) is 18.2 Å². The molecule has 0 saturated carbocycles. The minimum absolute atomic E-state index is 0.0759. The van der Waals surface area contributed by atoms with E-state index < -0.39 is 27.4 Å². The van der Waals surface area contributed by atoms with E-state index in [1.807, 2.05) is 0 Å². The first kappa shape index (κ1) is 21.8. The van der Waals surface area contributed by atoms with E-state index in [1.165, 1.54) is 54.6 Å². The average Bonchev–Trinajstić information content (AvgIpc) is 3.21. The Morgan fingerprint density at radius 1 is 0.906 bits per heavy atom. The van der Waals surface area contributed by atoms with Crippen LogP contribution in [0.3, 0.4) is 0 Å². The summed E-state index contributed by atoms with van der Waals surface area (Å²) < 4.78 is 51.3. The predicted molar refractivity (Wildman–Crippen MR) is 120 cm³/mol. The number of carbonyl (C=O) groups is 1. The summed E-state index contributed by atoms with van der Waals surface area (Å²) in [5.41, 5.74) is 1.66. The molecule has 0 unspecified atom stereocenters. The lowest BCUT2D eigenvalue weighted by atomic mass is 10.1. The van der Waals surface area contributed by atoms with Gasteiger partial charge in [-0.05, 0) is 54.6 Å². The van der Waals surface area contributed by atoms with Crippen molar-refractivity contribution >= 4 is 32.8 Å². The molecule has 0 bridgehead atoms. The number of thiazole rings is 1. The molecule has 3 aromatic carbocycles. The number of hydrogen-bond acceptors (Lipinski definition) is 5. The van der Waals surface area contributed by atoms with Crippen molar-refractivity contribution in [2.45, 2.75) is 4.90 Å². The van der Waals surface area contributed by atoms with Crippen molar-refractivity contribution in [3.63, 3.8) is 0 Å². The Kier molecular flexibility index (Phi) is 5.86. The fraction of sp³-hybridized carbons (Fsp3) is 0.0435. The molecule has 9 heteroatoms. The van der Waals surface area contributed by atoms with E-state index in [9.17, 15) is 22.0 Å². The molecule has 1 heterocycles. The zero-order valence-electron chi connectivity index (χ0n) is 16.7. The molecule has 4 rings (SSSR count). The van der Waals surface area contributed by atoms with Gasteiger partial charge in [-0.15, -0.1) is 11.3 Å². The number of aromatic nitrogens is 1. The maximum Gasteiger partial charge on any atom is 0.284 e. The number of hydrogen-bond donors (Lipinski definition) is 1. The highest BCUT2D eigenvalue weighted by atomic mass is 32.2. The second-order valence-corrected chi connectivity index (χ2v) is 9.92. The molecule has 162 valence electrons. The number of rotatable bonds is 5. The van der Waals surface area contributed by atoms with Crippen LogP contribution in [0, 0.1) is 11.6 Å². The lowest BCUT2D eigenvalue weighted by molar-refractivity contribution is 0.102. The quantitative estimate of drug-likeness (QED) is 0.423. The Morgan fingerprint density at radius 2 is 1.50 bits per heavy atom. The van der Waals surface area contributed by atoms with Crippen LogP contribution >= 0.6 is 11.3 Å². The average molecular weight is 471 g/mol. The largest absolute Gasteiger partial charge is 0.320 e. The summed E-state index contributed by atoms with van der Waals surface area (Å²) in [7, 11) is -3.57. The summed E-state index contributed by atoms with van der Waals surface area (Å²) in [6.45, 7) is 0. The van der Waals surface area contributed by atoms with Gasteiger partial charge in [0.05, 0.1) is 15.5 Å². The SMILES string of the molecule is CS(=O)(=O)c1ccccc1-c1sc(C(=O)Nc2ccc(F)cc2)nc1-c1ccc(F)cc1. The van der Waals surface area contributed by atoms with Crippen molar-refractivity contribution in [1.82, 2.24) is 4.98 Å². The topological polar surface area (TPSA) is 76.1 Å². The fourth-order valence-corrected chi connectivity index (χ4v) is 5.08. The molecule has 32 heavy (non-hydrogen) atoms. The van der Waals surface area contributed by atoms with Gasteiger partial charge in [0.15, 0.2) is 14.8 Å². The highest BCUT2D eigenvalue weighted by Crippen LogP contribution is 2.40. The van der Waals surface area contributed by atoms with Crippen molar-refractivity contribution in [3.8, 4) is 21.7 Å². The van der Waals surface area contributed by atoms with Gasteiger partial charge in [-0.2, -0.15) is 0 Å². The molecular weight excluding hydrogens is 454 g/mol. The number of amides is 1. The normalized spacial score (nSPS) is 11.3. The Bertz CT molecular complexity index is 1400. The number of nitrogens with one attached hydrogen (secondary N) is 1. The third-order valence-corrected chi connectivity index (χ3v) is 6.81. The number of anilines is 1. The number of benzene rings is 3. The van der Waals surface area contributed by atoms with Crippen LogP contribution in [-0.2, 0) is 9.84 Å². The van der Waals surface area contributed by atoms with E-state index in [-0.39, 0.29) is 9.90 Å². The van der Waals surface area contributed by atoms with Crippen LogP contribution in [-0.4, -0.2) is 25.6 Å². The molecule has 1 aromatic heterocycles. The van der Waals surface area contributed by atoms with E-state index in [0.29, 0.717) is 27.4 Å². The molecule has 0 saturated heterocycles. The first-order valence-electron chi connectivity index (χ1n) is 9.35. The van der Waals surface area contributed by atoms with Crippen molar-refractivity contribution in [1.29, 1.82) is 0 Å². The molecule has 1 N–H and O–H groups in total. The smallest absolute Gasteiger partial charge is 0.284 e. The second-order valence-electron chi connectivity index (χ2n) is 6.93. The summed E-state index contributed by atoms with van der Waals surface area (Å²) in [6, 6.07) is 17.2. The van der Waals surface area contributed by atoms with E-state index >= 15 is 0 Å². The third kappa shape index (κ3) is 4.58. The van der Waals surface area contributed by atoms with Gasteiger partial charge < -0.3 is 5.32 Å². The van der Waals surface area contributed by atoms with Crippen molar-refractivity contribution < 1.29 is 22.0 Å².